The SMILES string of the molecule is CCC(N)(CC)CNS(=O)(=O)c1sccc1OC.Cl. The third kappa shape index (κ3) is 4.61. The van der Waals surface area contributed by atoms with Gasteiger partial charge in [-0.3, -0.25) is 0 Å². The molecule has 1 heterocycles. The van der Waals surface area contributed by atoms with Crippen LogP contribution in [0.15, 0.2) is 15.7 Å². The highest BCUT2D eigenvalue weighted by molar-refractivity contribution is 7.91. The summed E-state index contributed by atoms with van der Waals surface area (Å²) >= 11 is 1.13. The molecular formula is C11H21ClN2O3S2. The lowest BCUT2D eigenvalue weighted by atomic mass is 9.95. The summed E-state index contributed by atoms with van der Waals surface area (Å²) in [6, 6.07) is 1.63. The van der Waals surface area contributed by atoms with E-state index in [2.05, 4.69) is 4.72 Å². The lowest BCUT2D eigenvalue weighted by Gasteiger charge is -2.26. The molecule has 0 fully saturated rings. The maximum Gasteiger partial charge on any atom is 0.253 e. The minimum Gasteiger partial charge on any atom is -0.494 e. The van der Waals surface area contributed by atoms with Gasteiger partial charge in [-0.2, -0.15) is 0 Å². The molecule has 0 aliphatic carbocycles. The van der Waals surface area contributed by atoms with Gasteiger partial charge in [-0.05, 0) is 24.3 Å². The predicted molar refractivity (Wildman–Crippen MR) is 80.8 cm³/mol. The van der Waals surface area contributed by atoms with Crippen LogP contribution in [0.25, 0.3) is 0 Å². The normalized spacial score (nSPS) is 12.0. The lowest BCUT2D eigenvalue weighted by Crippen LogP contribution is -2.49. The van der Waals surface area contributed by atoms with Crippen molar-refractivity contribution in [3.05, 3.63) is 11.4 Å². The standard InChI is InChI=1S/C11H20N2O3S2.ClH/c1-4-11(12,5-2)8-13-18(14,15)10-9(16-3)6-7-17-10;/h6-7,13H,4-5,8,12H2,1-3H3;1H. The number of sulfonamides is 1. The number of halogens is 1. The Morgan fingerprint density at radius 1 is 1.42 bits per heavy atom. The van der Waals surface area contributed by atoms with E-state index < -0.39 is 15.6 Å². The third-order valence-electron chi connectivity index (χ3n) is 3.08. The van der Waals surface area contributed by atoms with Crippen LogP contribution < -0.4 is 15.2 Å². The van der Waals surface area contributed by atoms with E-state index in [0.29, 0.717) is 18.6 Å². The van der Waals surface area contributed by atoms with E-state index in [9.17, 15) is 8.42 Å². The second kappa shape index (κ2) is 7.44. The zero-order valence-electron chi connectivity index (χ0n) is 11.3. The van der Waals surface area contributed by atoms with Crippen molar-refractivity contribution in [3.8, 4) is 5.75 Å². The van der Waals surface area contributed by atoms with E-state index in [1.807, 2.05) is 13.8 Å². The molecule has 8 heteroatoms. The van der Waals surface area contributed by atoms with Gasteiger partial charge in [-0.25, -0.2) is 13.1 Å². The summed E-state index contributed by atoms with van der Waals surface area (Å²) in [5.41, 5.74) is 5.57. The van der Waals surface area contributed by atoms with E-state index >= 15 is 0 Å². The van der Waals surface area contributed by atoms with Gasteiger partial charge >= 0.3 is 0 Å². The number of hydrogen-bond acceptors (Lipinski definition) is 5. The topological polar surface area (TPSA) is 81.4 Å². The molecule has 0 aliphatic heterocycles. The number of methoxy groups -OCH3 is 1. The molecule has 0 unspecified atom stereocenters. The molecule has 5 nitrogen and oxygen atoms in total. The van der Waals surface area contributed by atoms with Gasteiger partial charge in [0.05, 0.1) is 7.11 Å². The zero-order chi connectivity index (χ0) is 13.8. The van der Waals surface area contributed by atoms with Crippen molar-refractivity contribution >= 4 is 33.8 Å². The Morgan fingerprint density at radius 3 is 2.47 bits per heavy atom. The van der Waals surface area contributed by atoms with Crippen LogP contribution in [0.4, 0.5) is 0 Å². The Balaban J connectivity index is 0.00000324. The third-order valence-corrected chi connectivity index (χ3v) is 5.93. The van der Waals surface area contributed by atoms with E-state index in [0.717, 1.165) is 11.3 Å². The summed E-state index contributed by atoms with van der Waals surface area (Å²) in [7, 11) is -2.10. The monoisotopic (exact) mass is 328 g/mol. The van der Waals surface area contributed by atoms with Crippen molar-refractivity contribution in [3.63, 3.8) is 0 Å². The van der Waals surface area contributed by atoms with Crippen LogP contribution in [-0.4, -0.2) is 27.6 Å². The van der Waals surface area contributed by atoms with Gasteiger partial charge in [0, 0.05) is 12.1 Å². The molecule has 0 aliphatic rings. The Bertz CT molecular complexity index is 484. The molecule has 0 saturated heterocycles. The van der Waals surface area contributed by atoms with Gasteiger partial charge in [0.15, 0.2) is 4.21 Å². The van der Waals surface area contributed by atoms with E-state index in [-0.39, 0.29) is 23.2 Å². The van der Waals surface area contributed by atoms with Crippen LogP contribution in [-0.2, 0) is 10.0 Å². The summed E-state index contributed by atoms with van der Waals surface area (Å²) < 4.78 is 32.0. The van der Waals surface area contributed by atoms with Crippen LogP contribution in [0.1, 0.15) is 26.7 Å². The average Bonchev–Trinajstić information content (AvgIpc) is 2.85. The van der Waals surface area contributed by atoms with Gasteiger partial charge in [0.1, 0.15) is 5.75 Å². The molecule has 0 amide bonds. The molecule has 3 N–H and O–H groups in total. The zero-order valence-corrected chi connectivity index (χ0v) is 13.8. The first-order valence-corrected chi connectivity index (χ1v) is 8.15. The van der Waals surface area contributed by atoms with Crippen LogP contribution in [0, 0.1) is 0 Å². The predicted octanol–water partition coefficient (Wildman–Crippen LogP) is 1.97. The molecule has 0 spiro atoms. The molecule has 1 aromatic heterocycles. The highest BCUT2D eigenvalue weighted by Crippen LogP contribution is 2.29. The number of rotatable bonds is 7. The van der Waals surface area contributed by atoms with Crippen LogP contribution in [0.2, 0.25) is 0 Å². The molecular weight excluding hydrogens is 308 g/mol. The van der Waals surface area contributed by atoms with Crippen molar-refractivity contribution in [2.75, 3.05) is 13.7 Å². The number of nitrogens with one attached hydrogen (secondary N) is 1. The first-order chi connectivity index (χ1) is 8.38. The summed E-state index contributed by atoms with van der Waals surface area (Å²) in [5, 5.41) is 1.68. The minimum atomic E-state index is -3.55. The van der Waals surface area contributed by atoms with E-state index in [1.165, 1.54) is 7.11 Å². The Kier molecular flexibility index (Phi) is 7.31. The van der Waals surface area contributed by atoms with Crippen molar-refractivity contribution in [1.82, 2.24) is 4.72 Å². The average molecular weight is 329 g/mol. The van der Waals surface area contributed by atoms with Gasteiger partial charge in [0.25, 0.3) is 10.0 Å². The van der Waals surface area contributed by atoms with Crippen LogP contribution in [0.3, 0.4) is 0 Å². The Hall–Kier alpha value is -0.340. The minimum absolute atomic E-state index is 0. The smallest absolute Gasteiger partial charge is 0.253 e. The van der Waals surface area contributed by atoms with Crippen molar-refractivity contribution in [2.24, 2.45) is 5.73 Å². The van der Waals surface area contributed by atoms with Crippen LogP contribution >= 0.6 is 23.7 Å². The van der Waals surface area contributed by atoms with Crippen molar-refractivity contribution in [2.45, 2.75) is 36.4 Å². The summed E-state index contributed by atoms with van der Waals surface area (Å²) in [5.74, 6) is 0.364. The highest BCUT2D eigenvalue weighted by Gasteiger charge is 2.26. The Morgan fingerprint density at radius 2 is 2.00 bits per heavy atom. The van der Waals surface area contributed by atoms with Crippen LogP contribution in [0.5, 0.6) is 5.75 Å². The number of thiophene rings is 1. The fourth-order valence-corrected chi connectivity index (χ4v) is 3.89. The fourth-order valence-electron chi connectivity index (χ4n) is 1.44. The molecule has 112 valence electrons. The van der Waals surface area contributed by atoms with Crippen molar-refractivity contribution < 1.29 is 13.2 Å². The molecule has 19 heavy (non-hydrogen) atoms. The summed E-state index contributed by atoms with van der Waals surface area (Å²) in [6.07, 6.45) is 1.43. The second-order valence-electron chi connectivity index (χ2n) is 4.17. The maximum atomic E-state index is 12.1. The highest BCUT2D eigenvalue weighted by atomic mass is 35.5. The quantitative estimate of drug-likeness (QED) is 0.801. The van der Waals surface area contributed by atoms with Gasteiger partial charge < -0.3 is 10.5 Å². The fraction of sp³-hybridized carbons (Fsp3) is 0.636. The number of nitrogens with two attached hydrogens (primary N) is 1. The van der Waals surface area contributed by atoms with Gasteiger partial charge in [-0.15, -0.1) is 23.7 Å². The molecule has 0 atom stereocenters. The Labute approximate surface area is 125 Å². The molecule has 1 rings (SSSR count). The number of ether oxygens (including phenoxy) is 1. The van der Waals surface area contributed by atoms with Gasteiger partial charge in [0.2, 0.25) is 0 Å². The molecule has 1 aromatic rings. The molecule has 0 radical (unpaired) electrons. The first kappa shape index (κ1) is 18.7. The molecule has 0 aromatic carbocycles. The molecule has 0 saturated carbocycles. The van der Waals surface area contributed by atoms with Crippen molar-refractivity contribution in [1.29, 1.82) is 0 Å². The van der Waals surface area contributed by atoms with E-state index in [4.69, 9.17) is 10.5 Å². The first-order valence-electron chi connectivity index (χ1n) is 5.78. The maximum absolute atomic E-state index is 12.1. The number of hydrogen-bond donors (Lipinski definition) is 2. The van der Waals surface area contributed by atoms with Gasteiger partial charge in [-0.1, -0.05) is 13.8 Å². The summed E-state index contributed by atoms with van der Waals surface area (Å²) in [6.45, 7) is 4.12. The van der Waals surface area contributed by atoms with E-state index in [1.54, 1.807) is 11.4 Å². The molecule has 0 bridgehead atoms. The lowest BCUT2D eigenvalue weighted by molar-refractivity contribution is 0.389. The largest absolute Gasteiger partial charge is 0.494 e. The second-order valence-corrected chi connectivity index (χ2v) is 7.05. The summed E-state index contributed by atoms with van der Waals surface area (Å²) in [4.78, 5) is 0.